The van der Waals surface area contributed by atoms with Crippen LogP contribution in [0.1, 0.15) is 30.9 Å². The lowest BCUT2D eigenvalue weighted by atomic mass is 10.0. The topological polar surface area (TPSA) is 21.3 Å². The minimum Gasteiger partial charge on any atom is -0.385 e. The first-order chi connectivity index (χ1) is 9.47. The summed E-state index contributed by atoms with van der Waals surface area (Å²) >= 11 is 0. The lowest BCUT2D eigenvalue weighted by Crippen LogP contribution is -2.33. The Morgan fingerprint density at radius 1 is 1.30 bits per heavy atom. The smallest absolute Gasteiger partial charge is 0.385 e. The largest absolute Gasteiger partial charge is 0.416 e. The second-order valence-corrected chi connectivity index (χ2v) is 4.83. The predicted octanol–water partition coefficient (Wildman–Crippen LogP) is 3.65. The van der Waals surface area contributed by atoms with Gasteiger partial charge in [-0.25, -0.2) is 0 Å². The van der Waals surface area contributed by atoms with Crippen molar-refractivity contribution >= 4 is 0 Å². The number of nitrogens with one attached hydrogen (secondary N) is 1. The van der Waals surface area contributed by atoms with E-state index in [0.717, 1.165) is 25.5 Å². The molecule has 1 atom stereocenters. The summed E-state index contributed by atoms with van der Waals surface area (Å²) in [6.07, 6.45) is -1.93. The van der Waals surface area contributed by atoms with Crippen LogP contribution in [-0.4, -0.2) is 26.3 Å². The van der Waals surface area contributed by atoms with Crippen molar-refractivity contribution < 1.29 is 17.9 Å². The maximum absolute atomic E-state index is 12.7. The van der Waals surface area contributed by atoms with Crippen LogP contribution in [0.3, 0.4) is 0 Å². The number of alkyl halides is 3. The molecule has 0 saturated carbocycles. The van der Waals surface area contributed by atoms with Gasteiger partial charge < -0.3 is 10.1 Å². The Labute approximate surface area is 118 Å². The Morgan fingerprint density at radius 3 is 2.65 bits per heavy atom. The molecule has 0 aliphatic heterocycles. The van der Waals surface area contributed by atoms with Crippen molar-refractivity contribution in [3.63, 3.8) is 0 Å². The molecule has 1 unspecified atom stereocenters. The molecule has 1 N–H and O–H groups in total. The second kappa shape index (κ2) is 8.27. The van der Waals surface area contributed by atoms with Crippen molar-refractivity contribution in [2.45, 2.75) is 38.4 Å². The van der Waals surface area contributed by atoms with E-state index in [-0.39, 0.29) is 6.04 Å². The minimum absolute atomic E-state index is 0.137. The van der Waals surface area contributed by atoms with E-state index in [0.29, 0.717) is 18.6 Å². The number of rotatable bonds is 8. The number of ether oxygens (including phenoxy) is 1. The molecule has 0 aliphatic carbocycles. The molecule has 20 heavy (non-hydrogen) atoms. The number of hydrogen-bond donors (Lipinski definition) is 1. The van der Waals surface area contributed by atoms with Crippen LogP contribution in [0.2, 0.25) is 0 Å². The summed E-state index contributed by atoms with van der Waals surface area (Å²) in [6.45, 7) is 3.51. The third-order valence-corrected chi connectivity index (χ3v) is 3.09. The maximum atomic E-state index is 12.7. The monoisotopic (exact) mass is 289 g/mol. The highest BCUT2D eigenvalue weighted by atomic mass is 19.4. The molecule has 1 rings (SSSR count). The summed E-state index contributed by atoms with van der Waals surface area (Å²) in [5, 5.41) is 3.35. The SMILES string of the molecule is CCCNC(CCOC)Cc1cccc(C(F)(F)F)c1. The van der Waals surface area contributed by atoms with E-state index >= 15 is 0 Å². The molecule has 0 amide bonds. The first kappa shape index (κ1) is 17.0. The minimum atomic E-state index is -4.28. The van der Waals surface area contributed by atoms with Crippen LogP contribution < -0.4 is 5.32 Å². The van der Waals surface area contributed by atoms with Crippen LogP contribution in [0.4, 0.5) is 13.2 Å². The van der Waals surface area contributed by atoms with Gasteiger partial charge in [0.15, 0.2) is 0 Å². The lowest BCUT2D eigenvalue weighted by Gasteiger charge is -2.19. The van der Waals surface area contributed by atoms with Crippen molar-refractivity contribution in [3.8, 4) is 0 Å². The second-order valence-electron chi connectivity index (χ2n) is 4.83. The van der Waals surface area contributed by atoms with Gasteiger partial charge in [0.1, 0.15) is 0 Å². The normalized spacial score (nSPS) is 13.4. The van der Waals surface area contributed by atoms with E-state index in [1.165, 1.54) is 12.1 Å². The van der Waals surface area contributed by atoms with Crippen molar-refractivity contribution in [3.05, 3.63) is 35.4 Å². The molecule has 0 saturated heterocycles. The lowest BCUT2D eigenvalue weighted by molar-refractivity contribution is -0.137. The number of benzene rings is 1. The van der Waals surface area contributed by atoms with Crippen molar-refractivity contribution in [2.24, 2.45) is 0 Å². The quantitative estimate of drug-likeness (QED) is 0.788. The van der Waals surface area contributed by atoms with E-state index in [2.05, 4.69) is 12.2 Å². The number of hydrogen-bond acceptors (Lipinski definition) is 2. The molecular weight excluding hydrogens is 267 g/mol. The molecule has 5 heteroatoms. The van der Waals surface area contributed by atoms with Gasteiger partial charge in [-0.1, -0.05) is 25.1 Å². The van der Waals surface area contributed by atoms with Crippen LogP contribution >= 0.6 is 0 Å². The highest BCUT2D eigenvalue weighted by Gasteiger charge is 2.30. The summed E-state index contributed by atoms with van der Waals surface area (Å²) in [4.78, 5) is 0. The molecule has 0 aliphatic rings. The molecule has 114 valence electrons. The predicted molar refractivity (Wildman–Crippen MR) is 73.7 cm³/mol. The molecular formula is C15H22F3NO. The van der Waals surface area contributed by atoms with E-state index in [9.17, 15) is 13.2 Å². The van der Waals surface area contributed by atoms with Gasteiger partial charge in [0, 0.05) is 19.8 Å². The zero-order valence-corrected chi connectivity index (χ0v) is 12.0. The first-order valence-electron chi connectivity index (χ1n) is 6.85. The highest BCUT2D eigenvalue weighted by Crippen LogP contribution is 2.29. The van der Waals surface area contributed by atoms with Gasteiger partial charge >= 0.3 is 6.18 Å². The van der Waals surface area contributed by atoms with Crippen LogP contribution in [0.15, 0.2) is 24.3 Å². The van der Waals surface area contributed by atoms with Crippen LogP contribution in [-0.2, 0) is 17.3 Å². The zero-order chi connectivity index (χ0) is 15.0. The molecule has 0 spiro atoms. The van der Waals surface area contributed by atoms with Crippen LogP contribution in [0.5, 0.6) is 0 Å². The summed E-state index contributed by atoms with van der Waals surface area (Å²) in [6, 6.07) is 5.67. The van der Waals surface area contributed by atoms with E-state index in [1.54, 1.807) is 13.2 Å². The maximum Gasteiger partial charge on any atom is 0.416 e. The average Bonchev–Trinajstić information content (AvgIpc) is 2.41. The molecule has 0 aromatic heterocycles. The van der Waals surface area contributed by atoms with Gasteiger partial charge in [-0.3, -0.25) is 0 Å². The Morgan fingerprint density at radius 2 is 2.05 bits per heavy atom. The highest BCUT2D eigenvalue weighted by molar-refractivity contribution is 5.26. The fraction of sp³-hybridized carbons (Fsp3) is 0.600. The molecule has 2 nitrogen and oxygen atoms in total. The Bertz CT molecular complexity index is 385. The van der Waals surface area contributed by atoms with Gasteiger partial charge in [0.2, 0.25) is 0 Å². The van der Waals surface area contributed by atoms with Gasteiger partial charge in [-0.2, -0.15) is 13.2 Å². The molecule has 0 heterocycles. The van der Waals surface area contributed by atoms with E-state index in [4.69, 9.17) is 4.74 Å². The van der Waals surface area contributed by atoms with Crippen molar-refractivity contribution in [1.29, 1.82) is 0 Å². The summed E-state index contributed by atoms with van der Waals surface area (Å²) in [5.41, 5.74) is 0.112. The third-order valence-electron chi connectivity index (χ3n) is 3.09. The summed E-state index contributed by atoms with van der Waals surface area (Å²) < 4.78 is 43.1. The van der Waals surface area contributed by atoms with Crippen LogP contribution in [0, 0.1) is 0 Å². The molecule has 0 radical (unpaired) electrons. The number of halogens is 3. The Kier molecular flexibility index (Phi) is 7.02. The van der Waals surface area contributed by atoms with Crippen molar-refractivity contribution in [2.75, 3.05) is 20.3 Å². The average molecular weight is 289 g/mol. The summed E-state index contributed by atoms with van der Waals surface area (Å²) in [7, 11) is 1.63. The van der Waals surface area contributed by atoms with Crippen LogP contribution in [0.25, 0.3) is 0 Å². The number of methoxy groups -OCH3 is 1. The molecule has 1 aromatic carbocycles. The zero-order valence-electron chi connectivity index (χ0n) is 12.0. The van der Waals surface area contributed by atoms with Crippen molar-refractivity contribution in [1.82, 2.24) is 5.32 Å². The molecule has 0 bridgehead atoms. The molecule has 0 fully saturated rings. The van der Waals surface area contributed by atoms with Gasteiger partial charge in [0.25, 0.3) is 0 Å². The van der Waals surface area contributed by atoms with E-state index in [1.807, 2.05) is 0 Å². The Hall–Kier alpha value is -1.07. The Balaban J connectivity index is 2.71. The van der Waals surface area contributed by atoms with Gasteiger partial charge in [0.05, 0.1) is 5.56 Å². The summed E-state index contributed by atoms with van der Waals surface area (Å²) in [5.74, 6) is 0. The first-order valence-corrected chi connectivity index (χ1v) is 6.85. The standard InChI is InChI=1S/C15H22F3NO/c1-3-8-19-14(7-9-20-2)11-12-5-4-6-13(10-12)15(16,17)18/h4-6,10,14,19H,3,7-9,11H2,1-2H3. The fourth-order valence-corrected chi connectivity index (χ4v) is 2.04. The fourth-order valence-electron chi connectivity index (χ4n) is 2.04. The van der Waals surface area contributed by atoms with Gasteiger partial charge in [-0.05, 0) is 37.4 Å². The van der Waals surface area contributed by atoms with Gasteiger partial charge in [-0.15, -0.1) is 0 Å². The molecule has 1 aromatic rings. The van der Waals surface area contributed by atoms with E-state index < -0.39 is 11.7 Å². The third kappa shape index (κ3) is 5.92.